The molecule has 29 heavy (non-hydrogen) atoms. The molecular weight excluding hydrogens is 372 g/mol. The highest BCUT2D eigenvalue weighted by Gasteiger charge is 2.14. The smallest absolute Gasteiger partial charge is 0.278 e. The quantitative estimate of drug-likeness (QED) is 0.377. The zero-order chi connectivity index (χ0) is 21.1. The predicted molar refractivity (Wildman–Crippen MR) is 108 cm³/mol. The lowest BCUT2D eigenvalue weighted by atomic mass is 10.1. The van der Waals surface area contributed by atoms with Crippen LogP contribution in [0.2, 0.25) is 0 Å². The van der Waals surface area contributed by atoms with E-state index >= 15 is 0 Å². The van der Waals surface area contributed by atoms with Gasteiger partial charge in [0.1, 0.15) is 24.0 Å². The van der Waals surface area contributed by atoms with E-state index in [9.17, 15) is 10.1 Å². The van der Waals surface area contributed by atoms with Crippen LogP contribution < -0.4 is 14.9 Å². The standard InChI is InChI=1S/C21H22N4O4/c1-4-8-28-18-7-5-6-16(10-18)12-23-25-20(26)14-29-21-19(11-22)17(13-27-3)9-15(2)24-21/h4-7,9-10,12H,1,8,13-14H2,2-3H3,(H,25,26)/b23-12-. The minimum Gasteiger partial charge on any atom is -0.490 e. The number of benzene rings is 1. The highest BCUT2D eigenvalue weighted by atomic mass is 16.5. The lowest BCUT2D eigenvalue weighted by molar-refractivity contribution is -0.123. The van der Waals surface area contributed by atoms with Crippen LogP contribution in [0.1, 0.15) is 22.4 Å². The maximum Gasteiger partial charge on any atom is 0.278 e. The maximum absolute atomic E-state index is 12.0. The average Bonchev–Trinajstić information content (AvgIpc) is 2.71. The van der Waals surface area contributed by atoms with E-state index in [0.717, 1.165) is 5.56 Å². The number of pyridine rings is 1. The molecule has 8 heteroatoms. The number of nitrogens with zero attached hydrogens (tertiary/aromatic N) is 3. The Morgan fingerprint density at radius 1 is 1.38 bits per heavy atom. The molecule has 0 atom stereocenters. The van der Waals surface area contributed by atoms with Crippen molar-refractivity contribution in [2.75, 3.05) is 20.3 Å². The van der Waals surface area contributed by atoms with E-state index in [1.165, 1.54) is 13.3 Å². The van der Waals surface area contributed by atoms with Crippen LogP contribution >= 0.6 is 0 Å². The van der Waals surface area contributed by atoms with Crippen LogP contribution in [-0.4, -0.2) is 37.4 Å². The first-order chi connectivity index (χ1) is 14.1. The van der Waals surface area contributed by atoms with Crippen molar-refractivity contribution in [3.05, 3.63) is 65.4 Å². The molecule has 0 spiro atoms. The summed E-state index contributed by atoms with van der Waals surface area (Å²) in [6.07, 6.45) is 3.14. The fraction of sp³-hybridized carbons (Fsp3) is 0.238. The van der Waals surface area contributed by atoms with Crippen molar-refractivity contribution in [3.8, 4) is 17.7 Å². The topological polar surface area (TPSA) is 106 Å². The summed E-state index contributed by atoms with van der Waals surface area (Å²) < 4.78 is 15.9. The Labute approximate surface area is 169 Å². The van der Waals surface area contributed by atoms with Gasteiger partial charge in [0.2, 0.25) is 5.88 Å². The number of aromatic nitrogens is 1. The van der Waals surface area contributed by atoms with Gasteiger partial charge in [0.25, 0.3) is 5.91 Å². The maximum atomic E-state index is 12.0. The van der Waals surface area contributed by atoms with Crippen LogP contribution in [0, 0.1) is 18.3 Å². The van der Waals surface area contributed by atoms with Gasteiger partial charge < -0.3 is 14.2 Å². The van der Waals surface area contributed by atoms with Crippen molar-refractivity contribution in [2.45, 2.75) is 13.5 Å². The molecule has 0 bridgehead atoms. The lowest BCUT2D eigenvalue weighted by Gasteiger charge is -2.10. The molecule has 0 saturated carbocycles. The number of nitrogens with one attached hydrogen (secondary N) is 1. The van der Waals surface area contributed by atoms with Gasteiger partial charge >= 0.3 is 0 Å². The number of carbonyl (C=O) groups is 1. The Bertz CT molecular complexity index is 935. The molecule has 2 aromatic rings. The third kappa shape index (κ3) is 6.75. The minimum atomic E-state index is -0.485. The number of methoxy groups -OCH3 is 1. The molecule has 1 aromatic carbocycles. The largest absolute Gasteiger partial charge is 0.490 e. The van der Waals surface area contributed by atoms with E-state index in [-0.39, 0.29) is 24.7 Å². The summed E-state index contributed by atoms with van der Waals surface area (Å²) in [6.45, 7) is 5.68. The van der Waals surface area contributed by atoms with E-state index < -0.39 is 5.91 Å². The van der Waals surface area contributed by atoms with Crippen molar-refractivity contribution in [3.63, 3.8) is 0 Å². The van der Waals surface area contributed by atoms with Crippen LogP contribution in [0.3, 0.4) is 0 Å². The van der Waals surface area contributed by atoms with E-state index in [1.54, 1.807) is 25.1 Å². The summed E-state index contributed by atoms with van der Waals surface area (Å²) in [5, 5.41) is 13.3. The third-order valence-corrected chi connectivity index (χ3v) is 3.58. The number of ether oxygens (including phenoxy) is 3. The Hall–Kier alpha value is -3.70. The fourth-order valence-corrected chi connectivity index (χ4v) is 2.39. The highest BCUT2D eigenvalue weighted by Crippen LogP contribution is 2.21. The second-order valence-electron chi connectivity index (χ2n) is 5.90. The third-order valence-electron chi connectivity index (χ3n) is 3.58. The second kappa shape index (κ2) is 11.2. The van der Waals surface area contributed by atoms with Gasteiger partial charge in [-0.1, -0.05) is 24.8 Å². The Morgan fingerprint density at radius 2 is 2.21 bits per heavy atom. The number of amides is 1. The van der Waals surface area contributed by atoms with Crippen LogP contribution in [0.4, 0.5) is 0 Å². The first-order valence-electron chi connectivity index (χ1n) is 8.75. The Morgan fingerprint density at radius 3 is 2.93 bits per heavy atom. The molecule has 0 aliphatic heterocycles. The second-order valence-corrected chi connectivity index (χ2v) is 5.90. The summed E-state index contributed by atoms with van der Waals surface area (Å²) >= 11 is 0. The summed E-state index contributed by atoms with van der Waals surface area (Å²) in [4.78, 5) is 16.2. The molecule has 0 saturated heterocycles. The van der Waals surface area contributed by atoms with Gasteiger partial charge in [-0.3, -0.25) is 4.79 Å². The van der Waals surface area contributed by atoms with Crippen molar-refractivity contribution < 1.29 is 19.0 Å². The Balaban J connectivity index is 1.95. The molecule has 0 unspecified atom stereocenters. The summed E-state index contributed by atoms with van der Waals surface area (Å²) in [6, 6.07) is 11.0. The van der Waals surface area contributed by atoms with Crippen LogP contribution in [0.25, 0.3) is 0 Å². The van der Waals surface area contributed by atoms with E-state index in [0.29, 0.717) is 23.6 Å². The molecule has 0 radical (unpaired) electrons. The number of aryl methyl sites for hydroxylation is 1. The first kappa shape index (κ1) is 21.6. The zero-order valence-corrected chi connectivity index (χ0v) is 16.3. The number of hydrogen-bond acceptors (Lipinski definition) is 7. The van der Waals surface area contributed by atoms with Crippen LogP contribution in [0.5, 0.6) is 11.6 Å². The molecule has 2 rings (SSSR count). The summed E-state index contributed by atoms with van der Waals surface area (Å²) in [5.74, 6) is 0.275. The van der Waals surface area contributed by atoms with Gasteiger partial charge in [-0.05, 0) is 30.7 Å². The first-order valence-corrected chi connectivity index (χ1v) is 8.75. The van der Waals surface area contributed by atoms with Gasteiger partial charge in [0, 0.05) is 18.4 Å². The number of rotatable bonds is 10. The van der Waals surface area contributed by atoms with Gasteiger partial charge in [-0.25, -0.2) is 10.4 Å². The molecule has 1 aromatic heterocycles. The Kier molecular flexibility index (Phi) is 8.35. The fourth-order valence-electron chi connectivity index (χ4n) is 2.39. The molecule has 150 valence electrons. The van der Waals surface area contributed by atoms with Crippen LogP contribution in [-0.2, 0) is 16.1 Å². The number of hydrazone groups is 1. The molecule has 0 aliphatic rings. The van der Waals surface area contributed by atoms with Gasteiger partial charge in [-0.15, -0.1) is 0 Å². The number of nitriles is 1. The van der Waals surface area contributed by atoms with Crippen LogP contribution in [0.15, 0.2) is 48.1 Å². The summed E-state index contributed by atoms with van der Waals surface area (Å²) in [7, 11) is 1.53. The van der Waals surface area contributed by atoms with Gasteiger partial charge in [0.05, 0.1) is 12.8 Å². The van der Waals surface area contributed by atoms with E-state index in [2.05, 4.69) is 22.1 Å². The highest BCUT2D eigenvalue weighted by molar-refractivity contribution is 5.83. The van der Waals surface area contributed by atoms with Crippen molar-refractivity contribution in [1.29, 1.82) is 5.26 Å². The SMILES string of the molecule is C=CCOc1cccc(/C=N\NC(=O)COc2nc(C)cc(COC)c2C#N)c1. The molecule has 1 N–H and O–H groups in total. The number of hydrogen-bond donors (Lipinski definition) is 1. The predicted octanol–water partition coefficient (Wildman–Crippen LogP) is 2.50. The number of carbonyl (C=O) groups excluding carboxylic acids is 1. The van der Waals surface area contributed by atoms with Crippen molar-refractivity contribution in [1.82, 2.24) is 10.4 Å². The zero-order valence-electron chi connectivity index (χ0n) is 16.3. The van der Waals surface area contributed by atoms with E-state index in [1.807, 2.05) is 24.3 Å². The summed E-state index contributed by atoms with van der Waals surface area (Å²) in [5.41, 5.74) is 4.67. The molecule has 8 nitrogen and oxygen atoms in total. The van der Waals surface area contributed by atoms with Crippen molar-refractivity contribution in [2.24, 2.45) is 5.10 Å². The minimum absolute atomic E-state index is 0.0887. The molecule has 1 heterocycles. The van der Waals surface area contributed by atoms with Gasteiger partial charge in [0.15, 0.2) is 6.61 Å². The molecule has 0 aliphatic carbocycles. The average molecular weight is 394 g/mol. The van der Waals surface area contributed by atoms with Gasteiger partial charge in [-0.2, -0.15) is 10.4 Å². The lowest BCUT2D eigenvalue weighted by Crippen LogP contribution is -2.25. The molecular formula is C21H22N4O4. The molecule has 1 amide bonds. The van der Waals surface area contributed by atoms with E-state index in [4.69, 9.17) is 14.2 Å². The molecule has 0 fully saturated rings. The normalized spacial score (nSPS) is 10.4. The monoisotopic (exact) mass is 394 g/mol. The van der Waals surface area contributed by atoms with Crippen molar-refractivity contribution >= 4 is 12.1 Å².